The summed E-state index contributed by atoms with van der Waals surface area (Å²) in [6.45, 7) is 2.13. The van der Waals surface area contributed by atoms with E-state index in [9.17, 15) is 4.79 Å². The van der Waals surface area contributed by atoms with Crippen LogP contribution in [0.3, 0.4) is 0 Å². The van der Waals surface area contributed by atoms with Crippen LogP contribution in [-0.2, 0) is 4.79 Å². The zero-order chi connectivity index (χ0) is 21.6. The molecule has 0 unspecified atom stereocenters. The second-order valence-electron chi connectivity index (χ2n) is 7.21. The molecule has 1 aromatic heterocycles. The summed E-state index contributed by atoms with van der Waals surface area (Å²) in [7, 11) is 1.65. The van der Waals surface area contributed by atoms with Crippen molar-refractivity contribution in [1.82, 2.24) is 14.9 Å². The van der Waals surface area contributed by atoms with Crippen molar-refractivity contribution < 1.29 is 9.53 Å². The number of hydrogen-bond donors (Lipinski definition) is 2. The van der Waals surface area contributed by atoms with Crippen molar-refractivity contribution in [2.24, 2.45) is 0 Å². The summed E-state index contributed by atoms with van der Waals surface area (Å²) < 4.78 is 7.11. The van der Waals surface area contributed by atoms with Crippen LogP contribution in [0, 0.1) is 0 Å². The minimum Gasteiger partial charge on any atom is -0.497 e. The van der Waals surface area contributed by atoms with Crippen LogP contribution >= 0.6 is 11.8 Å². The van der Waals surface area contributed by atoms with Crippen LogP contribution in [0.4, 0.5) is 5.69 Å². The second kappa shape index (κ2) is 9.70. The van der Waals surface area contributed by atoms with Gasteiger partial charge in [0, 0.05) is 28.6 Å². The van der Waals surface area contributed by atoms with Gasteiger partial charge < -0.3 is 10.1 Å². The second-order valence-corrected chi connectivity index (χ2v) is 8.05. The molecule has 7 nitrogen and oxygen atoms in total. The molecule has 0 saturated heterocycles. The van der Waals surface area contributed by atoms with E-state index in [0.29, 0.717) is 6.42 Å². The number of hydrogen-bond acceptors (Lipinski definition) is 6. The maximum absolute atomic E-state index is 12.0. The molecule has 0 aliphatic carbocycles. The Labute approximate surface area is 185 Å². The first kappa shape index (κ1) is 21.0. The summed E-state index contributed by atoms with van der Waals surface area (Å²) in [6, 6.07) is 15.5. The number of methoxy groups -OCH3 is 1. The predicted molar refractivity (Wildman–Crippen MR) is 124 cm³/mol. The highest BCUT2D eigenvalue weighted by molar-refractivity contribution is 8.02. The number of amides is 1. The molecule has 0 saturated carbocycles. The zero-order valence-electron chi connectivity index (χ0n) is 17.6. The van der Waals surface area contributed by atoms with E-state index in [2.05, 4.69) is 27.9 Å². The summed E-state index contributed by atoms with van der Waals surface area (Å²) in [4.78, 5) is 12.0. The van der Waals surface area contributed by atoms with Gasteiger partial charge in [0.1, 0.15) is 5.75 Å². The highest BCUT2D eigenvalue weighted by Gasteiger charge is 2.19. The fraction of sp³-hybridized carbons (Fsp3) is 0.261. The Balaban J connectivity index is 1.45. The molecule has 31 heavy (non-hydrogen) atoms. The number of ether oxygens (including phenoxy) is 1. The first-order valence-electron chi connectivity index (χ1n) is 10.3. The maximum atomic E-state index is 12.0. The first-order chi connectivity index (χ1) is 15.2. The van der Waals surface area contributed by atoms with Crippen molar-refractivity contribution in [1.29, 1.82) is 0 Å². The molecule has 0 spiro atoms. The third-order valence-electron chi connectivity index (χ3n) is 4.98. The van der Waals surface area contributed by atoms with Crippen LogP contribution in [0.5, 0.6) is 5.75 Å². The molecule has 1 aliphatic heterocycles. The number of unbranched alkanes of at least 4 members (excludes halogenated alkanes) is 2. The number of anilines is 1. The number of aromatic nitrogens is 3. The number of thioether (sulfide) groups is 1. The van der Waals surface area contributed by atoms with E-state index in [1.165, 1.54) is 11.8 Å². The lowest BCUT2D eigenvalue weighted by atomic mass is 10.1. The fourth-order valence-electron chi connectivity index (χ4n) is 3.26. The molecule has 3 aromatic rings. The molecule has 0 bridgehead atoms. The molecule has 2 N–H and O–H groups in total. The first-order valence-corrected chi connectivity index (χ1v) is 11.2. The topological polar surface area (TPSA) is 81.1 Å². The quantitative estimate of drug-likeness (QED) is 0.478. The molecule has 0 radical (unpaired) electrons. The molecule has 1 amide bonds. The monoisotopic (exact) mass is 435 g/mol. The van der Waals surface area contributed by atoms with Crippen molar-refractivity contribution in [3.8, 4) is 17.1 Å². The summed E-state index contributed by atoms with van der Waals surface area (Å²) in [5.74, 6) is 1.58. The zero-order valence-corrected chi connectivity index (χ0v) is 18.4. The van der Waals surface area contributed by atoms with Crippen molar-refractivity contribution >= 4 is 29.1 Å². The van der Waals surface area contributed by atoms with E-state index < -0.39 is 0 Å². The number of fused-ring (bicyclic) bond motifs is 1. The van der Waals surface area contributed by atoms with Crippen molar-refractivity contribution in [2.75, 3.05) is 17.9 Å². The van der Waals surface area contributed by atoms with E-state index in [4.69, 9.17) is 4.74 Å². The summed E-state index contributed by atoms with van der Waals surface area (Å²) in [6.07, 6.45) is 3.67. The van der Waals surface area contributed by atoms with Crippen LogP contribution in [0.2, 0.25) is 0 Å². The van der Waals surface area contributed by atoms with Gasteiger partial charge in [-0.15, -0.1) is 10.2 Å². The van der Waals surface area contributed by atoms with Gasteiger partial charge in [0.15, 0.2) is 5.82 Å². The molecule has 8 heteroatoms. The van der Waals surface area contributed by atoms with Gasteiger partial charge in [0.2, 0.25) is 11.1 Å². The molecule has 4 rings (SSSR count). The SMILES string of the molecule is CCCCCC(=O)Nc1ccc(C2=CSc3nnc(-c4ccc(OC)cc4)n3N2)cc1. The molecule has 0 atom stereocenters. The van der Waals surface area contributed by atoms with E-state index in [0.717, 1.165) is 58.5 Å². The van der Waals surface area contributed by atoms with Gasteiger partial charge in [-0.1, -0.05) is 43.7 Å². The Morgan fingerprint density at radius 2 is 1.81 bits per heavy atom. The van der Waals surface area contributed by atoms with Gasteiger partial charge in [-0.3, -0.25) is 10.2 Å². The highest BCUT2D eigenvalue weighted by Crippen LogP contribution is 2.32. The third-order valence-corrected chi connectivity index (χ3v) is 5.81. The van der Waals surface area contributed by atoms with E-state index in [1.807, 2.05) is 58.6 Å². The van der Waals surface area contributed by atoms with Crippen LogP contribution in [0.25, 0.3) is 17.1 Å². The Kier molecular flexibility index (Phi) is 6.57. The average Bonchev–Trinajstić information content (AvgIpc) is 3.23. The van der Waals surface area contributed by atoms with Crippen molar-refractivity contribution in [3.63, 3.8) is 0 Å². The minimum absolute atomic E-state index is 0.0602. The lowest BCUT2D eigenvalue weighted by Gasteiger charge is -2.19. The van der Waals surface area contributed by atoms with E-state index in [-0.39, 0.29) is 5.91 Å². The van der Waals surface area contributed by atoms with Gasteiger partial charge in [-0.2, -0.15) is 0 Å². The molecular weight excluding hydrogens is 410 g/mol. The Morgan fingerprint density at radius 3 is 2.52 bits per heavy atom. The highest BCUT2D eigenvalue weighted by atomic mass is 32.2. The minimum atomic E-state index is 0.0602. The average molecular weight is 436 g/mol. The number of nitrogens with zero attached hydrogens (tertiary/aromatic N) is 3. The molecular formula is C23H25N5O2S. The normalized spacial score (nSPS) is 12.5. The number of carbonyl (C=O) groups is 1. The van der Waals surface area contributed by atoms with Gasteiger partial charge in [-0.25, -0.2) is 4.68 Å². The van der Waals surface area contributed by atoms with Gasteiger partial charge >= 0.3 is 0 Å². The largest absolute Gasteiger partial charge is 0.497 e. The number of rotatable bonds is 8. The molecule has 160 valence electrons. The Morgan fingerprint density at radius 1 is 1.06 bits per heavy atom. The maximum Gasteiger partial charge on any atom is 0.224 e. The van der Waals surface area contributed by atoms with Crippen LogP contribution < -0.4 is 15.5 Å². The van der Waals surface area contributed by atoms with E-state index >= 15 is 0 Å². The van der Waals surface area contributed by atoms with Crippen molar-refractivity contribution in [2.45, 2.75) is 37.8 Å². The van der Waals surface area contributed by atoms with Gasteiger partial charge in [-0.05, 0) is 42.8 Å². The number of nitrogens with one attached hydrogen (secondary N) is 2. The molecule has 2 aromatic carbocycles. The molecule has 1 aliphatic rings. The van der Waals surface area contributed by atoms with Crippen molar-refractivity contribution in [3.05, 3.63) is 59.5 Å². The smallest absolute Gasteiger partial charge is 0.224 e. The lowest BCUT2D eigenvalue weighted by molar-refractivity contribution is -0.116. The summed E-state index contributed by atoms with van der Waals surface area (Å²) >= 11 is 1.51. The van der Waals surface area contributed by atoms with Gasteiger partial charge in [0.05, 0.1) is 12.8 Å². The third kappa shape index (κ3) is 4.91. The van der Waals surface area contributed by atoms with Gasteiger partial charge in [0.25, 0.3) is 0 Å². The Hall–Kier alpha value is -3.26. The summed E-state index contributed by atoms with van der Waals surface area (Å²) in [5.41, 5.74) is 7.09. The molecule has 0 fully saturated rings. The van der Waals surface area contributed by atoms with Crippen LogP contribution in [0.1, 0.15) is 38.2 Å². The Bertz CT molecular complexity index is 1070. The fourth-order valence-corrected chi connectivity index (χ4v) is 3.99. The van der Waals surface area contributed by atoms with E-state index in [1.54, 1.807) is 7.11 Å². The summed E-state index contributed by atoms with van der Waals surface area (Å²) in [5, 5.41) is 14.4. The number of benzene rings is 2. The molecule has 2 heterocycles. The lowest BCUT2D eigenvalue weighted by Crippen LogP contribution is -2.18. The standard InChI is InChI=1S/C23H25N5O2S/c1-3-4-5-6-21(29)24-18-11-7-16(8-12-18)20-15-31-23-26-25-22(28(23)27-20)17-9-13-19(30-2)14-10-17/h7-15,27H,3-6H2,1-2H3,(H,24,29). The van der Waals surface area contributed by atoms with Crippen LogP contribution in [0.15, 0.2) is 59.1 Å². The predicted octanol–water partition coefficient (Wildman–Crippen LogP) is 5.12. The number of carbonyl (C=O) groups excluding carboxylic acids is 1. The van der Waals surface area contributed by atoms with Crippen LogP contribution in [-0.4, -0.2) is 27.9 Å².